The van der Waals surface area contributed by atoms with Gasteiger partial charge < -0.3 is 20.4 Å². The molecule has 1 aliphatic rings. The maximum absolute atomic E-state index is 12.3. The summed E-state index contributed by atoms with van der Waals surface area (Å²) in [6.45, 7) is 2.59. The van der Waals surface area contributed by atoms with Gasteiger partial charge in [0.2, 0.25) is 0 Å². The lowest BCUT2D eigenvalue weighted by Crippen LogP contribution is -2.37. The van der Waals surface area contributed by atoms with E-state index in [1.54, 1.807) is 0 Å². The number of aliphatic hydroxyl groups excluding tert-OH is 2. The molecule has 0 aliphatic carbocycles. The Balaban J connectivity index is 2.28. The maximum atomic E-state index is 12.3. The summed E-state index contributed by atoms with van der Waals surface area (Å²) in [5, 5.41) is 21.8. The summed E-state index contributed by atoms with van der Waals surface area (Å²) in [5.41, 5.74) is 0.922. The first-order valence-electron chi connectivity index (χ1n) is 7.19. The van der Waals surface area contributed by atoms with Crippen molar-refractivity contribution in [3.05, 3.63) is 47.2 Å². The van der Waals surface area contributed by atoms with Crippen LogP contribution in [0.5, 0.6) is 0 Å². The molecule has 0 unspecified atom stereocenters. The number of hydrogen-bond donors (Lipinski definition) is 3. The summed E-state index contributed by atoms with van der Waals surface area (Å²) in [7, 11) is 0. The topological polar surface area (TPSA) is 89.9 Å². The summed E-state index contributed by atoms with van der Waals surface area (Å²) in [4.78, 5) is 25.6. The van der Waals surface area contributed by atoms with Crippen molar-refractivity contribution in [1.29, 1.82) is 0 Å². The molecule has 0 saturated carbocycles. The monoisotopic (exact) mass is 304 g/mol. The number of amides is 1. The molecular weight excluding hydrogens is 284 g/mol. The van der Waals surface area contributed by atoms with Gasteiger partial charge in [0, 0.05) is 19.6 Å². The Bertz CT molecular complexity index is 583. The highest BCUT2D eigenvalue weighted by Crippen LogP contribution is 2.37. The predicted octanol–water partition coefficient (Wildman–Crippen LogP) is 0.553. The Morgan fingerprint density at radius 1 is 1.27 bits per heavy atom. The van der Waals surface area contributed by atoms with Gasteiger partial charge in [-0.25, -0.2) is 0 Å². The van der Waals surface area contributed by atoms with Gasteiger partial charge in [-0.2, -0.15) is 0 Å². The third-order valence-corrected chi connectivity index (χ3v) is 3.62. The quantitative estimate of drug-likeness (QED) is 0.640. The van der Waals surface area contributed by atoms with Crippen LogP contribution in [-0.2, 0) is 9.59 Å². The highest BCUT2D eigenvalue weighted by molar-refractivity contribution is 6.08. The van der Waals surface area contributed by atoms with Gasteiger partial charge in [0.15, 0.2) is 11.5 Å². The van der Waals surface area contributed by atoms with Crippen LogP contribution >= 0.6 is 0 Å². The molecule has 0 fully saturated rings. The molecule has 0 bridgehead atoms. The SMILES string of the molecule is CC(=O)C1=C(O)C(=O)N(CCNCCO)[C@@H]1c1ccccc1. The molecule has 6 heteroatoms. The van der Waals surface area contributed by atoms with Crippen LogP contribution in [0.1, 0.15) is 18.5 Å². The average molecular weight is 304 g/mol. The van der Waals surface area contributed by atoms with E-state index in [1.165, 1.54) is 11.8 Å². The predicted molar refractivity (Wildman–Crippen MR) is 81.2 cm³/mol. The van der Waals surface area contributed by atoms with E-state index in [0.29, 0.717) is 19.6 Å². The second kappa shape index (κ2) is 7.20. The Morgan fingerprint density at radius 3 is 2.55 bits per heavy atom. The number of nitrogens with zero attached hydrogens (tertiary/aromatic N) is 1. The lowest BCUT2D eigenvalue weighted by atomic mass is 9.97. The number of nitrogens with one attached hydrogen (secondary N) is 1. The first-order chi connectivity index (χ1) is 10.6. The summed E-state index contributed by atoms with van der Waals surface area (Å²) in [5.74, 6) is -1.32. The van der Waals surface area contributed by atoms with Crippen LogP contribution in [-0.4, -0.2) is 53.0 Å². The van der Waals surface area contributed by atoms with Gasteiger partial charge in [0.05, 0.1) is 18.2 Å². The summed E-state index contributed by atoms with van der Waals surface area (Å²) < 4.78 is 0. The van der Waals surface area contributed by atoms with Crippen LogP contribution < -0.4 is 5.32 Å². The van der Waals surface area contributed by atoms with E-state index >= 15 is 0 Å². The standard InChI is InChI=1S/C16H20N2O4/c1-11(20)13-14(12-5-3-2-4-6-12)18(16(22)15(13)21)9-7-17-8-10-19/h2-6,14,17,19,21H,7-10H2,1H3/t14-/m1/s1. The van der Waals surface area contributed by atoms with Crippen molar-refractivity contribution in [2.24, 2.45) is 0 Å². The molecule has 1 aromatic carbocycles. The van der Waals surface area contributed by atoms with Crippen molar-refractivity contribution in [2.75, 3.05) is 26.2 Å². The van der Waals surface area contributed by atoms with Crippen molar-refractivity contribution >= 4 is 11.7 Å². The number of carbonyl (C=O) groups excluding carboxylic acids is 2. The van der Waals surface area contributed by atoms with Crippen LogP contribution in [0.4, 0.5) is 0 Å². The highest BCUT2D eigenvalue weighted by Gasteiger charge is 2.41. The maximum Gasteiger partial charge on any atom is 0.290 e. The smallest absolute Gasteiger partial charge is 0.290 e. The summed E-state index contributed by atoms with van der Waals surface area (Å²) in [6.07, 6.45) is 0. The van der Waals surface area contributed by atoms with Crippen LogP contribution in [0.25, 0.3) is 0 Å². The van der Waals surface area contributed by atoms with E-state index in [9.17, 15) is 14.7 Å². The van der Waals surface area contributed by atoms with Crippen LogP contribution in [0.2, 0.25) is 0 Å². The molecule has 118 valence electrons. The largest absolute Gasteiger partial charge is 0.503 e. The number of hydrogen-bond acceptors (Lipinski definition) is 5. The molecule has 3 N–H and O–H groups in total. The number of ketones is 1. The van der Waals surface area contributed by atoms with E-state index in [2.05, 4.69) is 5.32 Å². The molecule has 22 heavy (non-hydrogen) atoms. The molecule has 1 heterocycles. The Labute approximate surface area is 129 Å². The van der Waals surface area contributed by atoms with Crippen LogP contribution in [0.3, 0.4) is 0 Å². The van der Waals surface area contributed by atoms with E-state index < -0.39 is 17.7 Å². The molecule has 0 aromatic heterocycles. The van der Waals surface area contributed by atoms with Gasteiger partial charge >= 0.3 is 0 Å². The summed E-state index contributed by atoms with van der Waals surface area (Å²) in [6, 6.07) is 8.60. The lowest BCUT2D eigenvalue weighted by Gasteiger charge is -2.26. The van der Waals surface area contributed by atoms with Gasteiger partial charge in [0.1, 0.15) is 0 Å². The normalized spacial score (nSPS) is 18.2. The third kappa shape index (κ3) is 3.18. The summed E-state index contributed by atoms with van der Waals surface area (Å²) >= 11 is 0. The van der Waals surface area contributed by atoms with Gasteiger partial charge in [-0.1, -0.05) is 30.3 Å². The molecular formula is C16H20N2O4. The molecule has 0 radical (unpaired) electrons. The van der Waals surface area contributed by atoms with E-state index in [1.807, 2.05) is 30.3 Å². The average Bonchev–Trinajstić information content (AvgIpc) is 2.77. The molecule has 0 saturated heterocycles. The number of aliphatic hydroxyl groups is 2. The fraction of sp³-hybridized carbons (Fsp3) is 0.375. The fourth-order valence-electron chi connectivity index (χ4n) is 2.63. The van der Waals surface area contributed by atoms with Gasteiger partial charge in [-0.15, -0.1) is 0 Å². The molecule has 1 aliphatic heterocycles. The molecule has 1 amide bonds. The molecule has 6 nitrogen and oxygen atoms in total. The van der Waals surface area contributed by atoms with E-state index in [-0.39, 0.29) is 18.0 Å². The molecule has 2 rings (SSSR count). The van der Waals surface area contributed by atoms with Gasteiger partial charge in [-0.05, 0) is 12.5 Å². The third-order valence-electron chi connectivity index (χ3n) is 3.62. The fourth-order valence-corrected chi connectivity index (χ4v) is 2.63. The Kier molecular flexibility index (Phi) is 5.30. The van der Waals surface area contributed by atoms with Crippen molar-refractivity contribution in [2.45, 2.75) is 13.0 Å². The minimum Gasteiger partial charge on any atom is -0.503 e. The van der Waals surface area contributed by atoms with Crippen LogP contribution in [0.15, 0.2) is 41.7 Å². The molecule has 1 aromatic rings. The van der Waals surface area contributed by atoms with Crippen LogP contribution in [0, 0.1) is 0 Å². The second-order valence-electron chi connectivity index (χ2n) is 5.10. The first kappa shape index (κ1) is 16.2. The highest BCUT2D eigenvalue weighted by atomic mass is 16.3. The van der Waals surface area contributed by atoms with Crippen molar-refractivity contribution in [1.82, 2.24) is 10.2 Å². The van der Waals surface area contributed by atoms with E-state index in [4.69, 9.17) is 5.11 Å². The van der Waals surface area contributed by atoms with Gasteiger partial charge in [0.25, 0.3) is 5.91 Å². The number of benzene rings is 1. The van der Waals surface area contributed by atoms with Gasteiger partial charge in [-0.3, -0.25) is 9.59 Å². The Hall–Kier alpha value is -2.18. The zero-order valence-electron chi connectivity index (χ0n) is 12.5. The minimum atomic E-state index is -0.567. The van der Waals surface area contributed by atoms with Crippen molar-refractivity contribution in [3.63, 3.8) is 0 Å². The zero-order valence-corrected chi connectivity index (χ0v) is 12.5. The zero-order chi connectivity index (χ0) is 16.1. The number of rotatable bonds is 7. The second-order valence-corrected chi connectivity index (χ2v) is 5.10. The van der Waals surface area contributed by atoms with E-state index in [0.717, 1.165) is 5.56 Å². The number of Topliss-reactive ketones (excluding diaryl/α,β-unsaturated/α-hetero) is 1. The minimum absolute atomic E-state index is 0.0122. The number of carbonyl (C=O) groups is 2. The van der Waals surface area contributed by atoms with Crippen molar-refractivity contribution < 1.29 is 19.8 Å². The lowest BCUT2D eigenvalue weighted by molar-refractivity contribution is -0.129. The molecule has 0 spiro atoms. The Morgan fingerprint density at radius 2 is 1.95 bits per heavy atom. The van der Waals surface area contributed by atoms with Crippen molar-refractivity contribution in [3.8, 4) is 0 Å². The first-order valence-corrected chi connectivity index (χ1v) is 7.19. The molecule has 1 atom stereocenters.